The van der Waals surface area contributed by atoms with Gasteiger partial charge in [-0.2, -0.15) is 0 Å². The molecular weight excluding hydrogens is 297 g/mol. The molecule has 0 fully saturated rings. The van der Waals surface area contributed by atoms with Crippen molar-refractivity contribution in [2.24, 2.45) is 0 Å². The van der Waals surface area contributed by atoms with E-state index in [1.165, 1.54) is 24.3 Å². The average molecular weight is 315 g/mol. The predicted octanol–water partition coefficient (Wildman–Crippen LogP) is 3.00. The summed E-state index contributed by atoms with van der Waals surface area (Å²) < 4.78 is 13.1. The van der Waals surface area contributed by atoms with Crippen LogP contribution in [0.5, 0.6) is 0 Å². The number of hydrogen-bond acceptors (Lipinski definition) is 3. The third-order valence-electron chi connectivity index (χ3n) is 3.11. The zero-order valence-electron chi connectivity index (χ0n) is 12.8. The van der Waals surface area contributed by atoms with Crippen molar-refractivity contribution >= 4 is 17.5 Å². The largest absolute Gasteiger partial charge is 0.351 e. The molecule has 6 heteroatoms. The molecule has 0 aliphatic carbocycles. The Morgan fingerprint density at radius 2 is 1.78 bits per heavy atom. The second-order valence-corrected chi connectivity index (χ2v) is 4.98. The van der Waals surface area contributed by atoms with Crippen molar-refractivity contribution in [2.45, 2.75) is 19.8 Å². The molecule has 0 spiro atoms. The Bertz CT molecular complexity index is 704. The first-order valence-electron chi connectivity index (χ1n) is 7.42. The Morgan fingerprint density at radius 1 is 1.09 bits per heavy atom. The van der Waals surface area contributed by atoms with Gasteiger partial charge in [0.1, 0.15) is 17.2 Å². The number of rotatable bonds is 6. The van der Waals surface area contributed by atoms with E-state index in [-0.39, 0.29) is 17.3 Å². The van der Waals surface area contributed by atoms with Crippen LogP contribution < -0.4 is 10.6 Å². The lowest BCUT2D eigenvalue weighted by Crippen LogP contribution is -2.26. The number of nitrogens with zero attached hydrogens (tertiary/aromatic N) is 1. The number of amides is 2. The number of anilines is 1. The SMILES string of the molecule is CCCCNC(=O)c1cccc(C(=O)Nc2cccc(F)c2)n1. The molecule has 1 aromatic heterocycles. The molecule has 0 atom stereocenters. The van der Waals surface area contributed by atoms with Crippen LogP contribution in [-0.2, 0) is 0 Å². The van der Waals surface area contributed by atoms with E-state index in [4.69, 9.17) is 0 Å². The van der Waals surface area contributed by atoms with Crippen molar-refractivity contribution < 1.29 is 14.0 Å². The molecule has 5 nitrogen and oxygen atoms in total. The van der Waals surface area contributed by atoms with Crippen molar-refractivity contribution in [3.05, 3.63) is 59.7 Å². The van der Waals surface area contributed by atoms with Gasteiger partial charge in [-0.05, 0) is 36.8 Å². The van der Waals surface area contributed by atoms with E-state index in [0.717, 1.165) is 12.8 Å². The van der Waals surface area contributed by atoms with Crippen LogP contribution in [0.4, 0.5) is 10.1 Å². The molecule has 0 radical (unpaired) electrons. The Kier molecular flexibility index (Phi) is 5.80. The molecule has 2 aromatic rings. The maximum Gasteiger partial charge on any atom is 0.274 e. The Morgan fingerprint density at radius 3 is 2.48 bits per heavy atom. The van der Waals surface area contributed by atoms with Crippen LogP contribution in [-0.4, -0.2) is 23.3 Å². The molecule has 120 valence electrons. The van der Waals surface area contributed by atoms with E-state index in [2.05, 4.69) is 15.6 Å². The highest BCUT2D eigenvalue weighted by Crippen LogP contribution is 2.11. The molecule has 0 saturated carbocycles. The molecule has 2 N–H and O–H groups in total. The summed E-state index contributed by atoms with van der Waals surface area (Å²) in [5, 5.41) is 5.28. The van der Waals surface area contributed by atoms with Crippen LogP contribution in [0.1, 0.15) is 40.7 Å². The normalized spacial score (nSPS) is 10.2. The minimum atomic E-state index is -0.501. The molecule has 23 heavy (non-hydrogen) atoms. The van der Waals surface area contributed by atoms with Gasteiger partial charge in [-0.15, -0.1) is 0 Å². The van der Waals surface area contributed by atoms with Crippen LogP contribution in [0.15, 0.2) is 42.5 Å². The highest BCUT2D eigenvalue weighted by atomic mass is 19.1. The van der Waals surface area contributed by atoms with Gasteiger partial charge in [0.15, 0.2) is 0 Å². The molecule has 2 amide bonds. The number of hydrogen-bond donors (Lipinski definition) is 2. The van der Waals surface area contributed by atoms with Crippen molar-refractivity contribution in [3.63, 3.8) is 0 Å². The first-order chi connectivity index (χ1) is 11.1. The van der Waals surface area contributed by atoms with Crippen LogP contribution in [0.25, 0.3) is 0 Å². The summed E-state index contributed by atoms with van der Waals surface area (Å²) in [7, 11) is 0. The summed E-state index contributed by atoms with van der Waals surface area (Å²) >= 11 is 0. The van der Waals surface area contributed by atoms with Crippen molar-refractivity contribution in [1.82, 2.24) is 10.3 Å². The number of unbranched alkanes of at least 4 members (excludes halogenated alkanes) is 1. The van der Waals surface area contributed by atoms with Gasteiger partial charge in [-0.25, -0.2) is 9.37 Å². The van der Waals surface area contributed by atoms with Gasteiger partial charge in [0.2, 0.25) is 0 Å². The standard InChI is InChI=1S/C17H18FN3O2/c1-2-3-10-19-16(22)14-8-5-9-15(21-14)17(23)20-13-7-4-6-12(18)11-13/h4-9,11H,2-3,10H2,1H3,(H,19,22)(H,20,23). The van der Waals surface area contributed by atoms with Gasteiger partial charge in [0.25, 0.3) is 11.8 Å². The topological polar surface area (TPSA) is 71.1 Å². The van der Waals surface area contributed by atoms with Gasteiger partial charge >= 0.3 is 0 Å². The van der Waals surface area contributed by atoms with E-state index >= 15 is 0 Å². The first kappa shape index (κ1) is 16.6. The summed E-state index contributed by atoms with van der Waals surface area (Å²) in [6.45, 7) is 2.60. The monoisotopic (exact) mass is 315 g/mol. The highest BCUT2D eigenvalue weighted by Gasteiger charge is 2.12. The number of benzene rings is 1. The van der Waals surface area contributed by atoms with E-state index < -0.39 is 11.7 Å². The van der Waals surface area contributed by atoms with Gasteiger partial charge in [0.05, 0.1) is 0 Å². The van der Waals surface area contributed by atoms with E-state index in [1.807, 2.05) is 6.92 Å². The molecule has 1 aromatic carbocycles. The Hall–Kier alpha value is -2.76. The summed E-state index contributed by atoms with van der Waals surface area (Å²) in [6, 6.07) is 10.2. The molecule has 2 rings (SSSR count). The molecule has 0 saturated heterocycles. The van der Waals surface area contributed by atoms with Gasteiger partial charge in [0, 0.05) is 12.2 Å². The highest BCUT2D eigenvalue weighted by molar-refractivity contribution is 6.03. The van der Waals surface area contributed by atoms with E-state index in [1.54, 1.807) is 18.2 Å². The van der Waals surface area contributed by atoms with Crippen LogP contribution in [0.3, 0.4) is 0 Å². The molecule has 0 aliphatic rings. The lowest BCUT2D eigenvalue weighted by molar-refractivity contribution is 0.0948. The molecular formula is C17H18FN3O2. The maximum absolute atomic E-state index is 13.1. The number of carbonyl (C=O) groups excluding carboxylic acids is 2. The molecule has 0 aliphatic heterocycles. The first-order valence-corrected chi connectivity index (χ1v) is 7.42. The predicted molar refractivity (Wildman–Crippen MR) is 85.8 cm³/mol. The number of carbonyl (C=O) groups is 2. The third kappa shape index (κ3) is 4.88. The van der Waals surface area contributed by atoms with Gasteiger partial charge in [-0.3, -0.25) is 9.59 Å². The van der Waals surface area contributed by atoms with Gasteiger partial charge in [-0.1, -0.05) is 25.5 Å². The summed E-state index contributed by atoms with van der Waals surface area (Å²) in [6.07, 6.45) is 1.86. The Labute approximate surface area is 133 Å². The number of aromatic nitrogens is 1. The summed E-state index contributed by atoms with van der Waals surface area (Å²) in [4.78, 5) is 28.1. The van der Waals surface area contributed by atoms with Crippen molar-refractivity contribution in [1.29, 1.82) is 0 Å². The fraction of sp³-hybridized carbons (Fsp3) is 0.235. The lowest BCUT2D eigenvalue weighted by Gasteiger charge is -2.07. The second kappa shape index (κ2) is 8.03. The quantitative estimate of drug-likeness (QED) is 0.805. The minimum absolute atomic E-state index is 0.0948. The third-order valence-corrected chi connectivity index (χ3v) is 3.11. The number of halogens is 1. The zero-order valence-corrected chi connectivity index (χ0v) is 12.8. The van der Waals surface area contributed by atoms with E-state index in [9.17, 15) is 14.0 Å². The van der Waals surface area contributed by atoms with Crippen LogP contribution >= 0.6 is 0 Å². The Balaban J connectivity index is 2.06. The zero-order chi connectivity index (χ0) is 16.7. The van der Waals surface area contributed by atoms with Crippen molar-refractivity contribution in [2.75, 3.05) is 11.9 Å². The van der Waals surface area contributed by atoms with Crippen LogP contribution in [0.2, 0.25) is 0 Å². The fourth-order valence-corrected chi connectivity index (χ4v) is 1.92. The van der Waals surface area contributed by atoms with Gasteiger partial charge < -0.3 is 10.6 Å². The molecule has 1 heterocycles. The maximum atomic E-state index is 13.1. The van der Waals surface area contributed by atoms with E-state index in [0.29, 0.717) is 12.2 Å². The summed E-state index contributed by atoms with van der Waals surface area (Å²) in [5.41, 5.74) is 0.597. The average Bonchev–Trinajstić information content (AvgIpc) is 2.55. The fourth-order valence-electron chi connectivity index (χ4n) is 1.92. The molecule has 0 bridgehead atoms. The summed E-state index contributed by atoms with van der Waals surface area (Å²) in [5.74, 6) is -1.27. The number of nitrogens with one attached hydrogen (secondary N) is 2. The molecule has 0 unspecified atom stereocenters. The smallest absolute Gasteiger partial charge is 0.274 e. The number of pyridine rings is 1. The lowest BCUT2D eigenvalue weighted by atomic mass is 10.2. The second-order valence-electron chi connectivity index (χ2n) is 4.98. The van der Waals surface area contributed by atoms with Crippen molar-refractivity contribution in [3.8, 4) is 0 Å². The van der Waals surface area contributed by atoms with Crippen LogP contribution in [0, 0.1) is 5.82 Å². The minimum Gasteiger partial charge on any atom is -0.351 e.